The summed E-state index contributed by atoms with van der Waals surface area (Å²) in [6, 6.07) is 9.74. The Kier molecular flexibility index (Phi) is 2.78. The second-order valence-electron chi connectivity index (χ2n) is 4.72. The monoisotopic (exact) mass is 293 g/mol. The van der Waals surface area contributed by atoms with Gasteiger partial charge in [-0.15, -0.1) is 5.10 Å². The Morgan fingerprint density at radius 3 is 2.77 bits per heavy atom. The number of hydrogen-bond acceptors (Lipinski definition) is 5. The first-order chi connectivity index (χ1) is 10.8. The lowest BCUT2D eigenvalue weighted by molar-refractivity contribution is 0.750. The molecule has 0 fully saturated rings. The Morgan fingerprint density at radius 2 is 2.00 bits per heavy atom. The SMILES string of the molecule is O=c1n(Cc2ccccc2)c2cncnc2n1-c1nc[nH]n1. The van der Waals surface area contributed by atoms with Crippen molar-refractivity contribution in [1.82, 2.24) is 34.3 Å². The molecular formula is C14H11N7O. The summed E-state index contributed by atoms with van der Waals surface area (Å²) in [5.41, 5.74) is 1.89. The van der Waals surface area contributed by atoms with Crippen molar-refractivity contribution in [3.63, 3.8) is 0 Å². The molecule has 0 atom stereocenters. The van der Waals surface area contributed by atoms with Crippen LogP contribution in [-0.2, 0) is 6.54 Å². The Bertz CT molecular complexity index is 970. The van der Waals surface area contributed by atoms with E-state index in [9.17, 15) is 4.79 Å². The van der Waals surface area contributed by atoms with E-state index in [1.165, 1.54) is 17.2 Å². The van der Waals surface area contributed by atoms with Gasteiger partial charge in [0.2, 0.25) is 0 Å². The number of imidazole rings is 1. The van der Waals surface area contributed by atoms with Gasteiger partial charge in [-0.3, -0.25) is 9.67 Å². The minimum absolute atomic E-state index is 0.251. The van der Waals surface area contributed by atoms with Gasteiger partial charge >= 0.3 is 5.69 Å². The average molecular weight is 293 g/mol. The van der Waals surface area contributed by atoms with E-state index in [1.54, 1.807) is 10.8 Å². The molecule has 0 unspecified atom stereocenters. The second-order valence-corrected chi connectivity index (χ2v) is 4.72. The molecule has 0 radical (unpaired) electrons. The molecule has 1 N–H and O–H groups in total. The van der Waals surface area contributed by atoms with Crippen molar-refractivity contribution in [2.75, 3.05) is 0 Å². The van der Waals surface area contributed by atoms with Crippen LogP contribution in [0.3, 0.4) is 0 Å². The van der Waals surface area contributed by atoms with E-state index in [0.29, 0.717) is 17.7 Å². The van der Waals surface area contributed by atoms with Crippen molar-refractivity contribution >= 4 is 11.2 Å². The fourth-order valence-electron chi connectivity index (χ4n) is 2.40. The van der Waals surface area contributed by atoms with Crippen molar-refractivity contribution in [2.24, 2.45) is 0 Å². The number of benzene rings is 1. The fraction of sp³-hybridized carbons (Fsp3) is 0.0714. The zero-order valence-electron chi connectivity index (χ0n) is 11.4. The standard InChI is InChI=1S/C14H11N7O/c22-14-20(7-10-4-2-1-3-5-10)11-6-15-8-16-12(11)21(14)13-17-9-18-19-13/h1-6,8-9H,7H2,(H,17,18,19). The maximum atomic E-state index is 12.8. The van der Waals surface area contributed by atoms with Crippen LogP contribution in [0.5, 0.6) is 0 Å². The molecule has 108 valence electrons. The molecule has 0 amide bonds. The molecule has 1 aromatic carbocycles. The third-order valence-corrected chi connectivity index (χ3v) is 3.38. The first-order valence-corrected chi connectivity index (χ1v) is 6.66. The normalized spacial score (nSPS) is 11.1. The molecule has 22 heavy (non-hydrogen) atoms. The lowest BCUT2D eigenvalue weighted by Gasteiger charge is -2.02. The van der Waals surface area contributed by atoms with Crippen LogP contribution in [0, 0.1) is 0 Å². The Balaban J connectivity index is 1.96. The first-order valence-electron chi connectivity index (χ1n) is 6.66. The predicted molar refractivity (Wildman–Crippen MR) is 78.6 cm³/mol. The minimum Gasteiger partial charge on any atom is -0.284 e. The Labute approximate surface area is 124 Å². The molecule has 0 aliphatic carbocycles. The molecule has 0 saturated heterocycles. The van der Waals surface area contributed by atoms with E-state index < -0.39 is 0 Å². The first kappa shape index (κ1) is 12.5. The maximum absolute atomic E-state index is 12.8. The number of rotatable bonds is 3. The van der Waals surface area contributed by atoms with Gasteiger partial charge in [0.05, 0.1) is 12.7 Å². The van der Waals surface area contributed by atoms with Gasteiger partial charge in [-0.2, -0.15) is 4.98 Å². The van der Waals surface area contributed by atoms with Crippen molar-refractivity contribution in [3.05, 3.63) is 65.2 Å². The largest absolute Gasteiger partial charge is 0.337 e. The Morgan fingerprint density at radius 1 is 1.14 bits per heavy atom. The van der Waals surface area contributed by atoms with Crippen LogP contribution >= 0.6 is 0 Å². The molecule has 0 saturated carbocycles. The quantitative estimate of drug-likeness (QED) is 0.601. The molecule has 0 aliphatic heterocycles. The maximum Gasteiger partial charge on any atom is 0.337 e. The van der Waals surface area contributed by atoms with Gasteiger partial charge in [0.1, 0.15) is 18.2 Å². The molecule has 4 rings (SSSR count). The van der Waals surface area contributed by atoms with Crippen LogP contribution in [0.2, 0.25) is 0 Å². The number of hydrogen-bond donors (Lipinski definition) is 1. The highest BCUT2D eigenvalue weighted by Crippen LogP contribution is 2.13. The average Bonchev–Trinajstić information content (AvgIpc) is 3.16. The van der Waals surface area contributed by atoms with Crippen LogP contribution in [0.1, 0.15) is 5.56 Å². The highest BCUT2D eigenvalue weighted by molar-refractivity contribution is 5.71. The third-order valence-electron chi connectivity index (χ3n) is 3.38. The highest BCUT2D eigenvalue weighted by Gasteiger charge is 2.17. The van der Waals surface area contributed by atoms with E-state index >= 15 is 0 Å². The molecule has 4 aromatic rings. The summed E-state index contributed by atoms with van der Waals surface area (Å²) in [7, 11) is 0. The molecular weight excluding hydrogens is 282 g/mol. The molecule has 3 heterocycles. The number of aromatic amines is 1. The lowest BCUT2D eigenvalue weighted by Crippen LogP contribution is -2.24. The summed E-state index contributed by atoms with van der Waals surface area (Å²) in [6.07, 6.45) is 4.44. The van der Waals surface area contributed by atoms with Crippen LogP contribution in [-0.4, -0.2) is 34.3 Å². The minimum atomic E-state index is -0.251. The smallest absolute Gasteiger partial charge is 0.284 e. The molecule has 8 heteroatoms. The molecule has 0 spiro atoms. The summed E-state index contributed by atoms with van der Waals surface area (Å²) in [6.45, 7) is 0.432. The van der Waals surface area contributed by atoms with Gasteiger partial charge < -0.3 is 0 Å². The second kappa shape index (κ2) is 4.92. The van der Waals surface area contributed by atoms with Crippen LogP contribution < -0.4 is 5.69 Å². The number of nitrogens with zero attached hydrogens (tertiary/aromatic N) is 6. The molecule has 0 aliphatic rings. The van der Waals surface area contributed by atoms with Crippen LogP contribution in [0.15, 0.2) is 54.0 Å². The number of fused-ring (bicyclic) bond motifs is 1. The van der Waals surface area contributed by atoms with Crippen LogP contribution in [0.4, 0.5) is 0 Å². The van der Waals surface area contributed by atoms with Crippen LogP contribution in [0.25, 0.3) is 17.1 Å². The van der Waals surface area contributed by atoms with E-state index in [-0.39, 0.29) is 11.6 Å². The zero-order chi connectivity index (χ0) is 14.9. The fourth-order valence-corrected chi connectivity index (χ4v) is 2.40. The van der Waals surface area contributed by atoms with Gasteiger partial charge in [-0.25, -0.2) is 19.3 Å². The van der Waals surface area contributed by atoms with Crippen molar-refractivity contribution < 1.29 is 0 Å². The highest BCUT2D eigenvalue weighted by atomic mass is 16.2. The van der Waals surface area contributed by atoms with Gasteiger partial charge in [0.25, 0.3) is 5.95 Å². The molecule has 3 aromatic heterocycles. The number of H-pyrrole nitrogens is 1. The van der Waals surface area contributed by atoms with Gasteiger partial charge in [0, 0.05) is 0 Å². The summed E-state index contributed by atoms with van der Waals surface area (Å²) in [5, 5.41) is 6.58. The van der Waals surface area contributed by atoms with Crippen molar-refractivity contribution in [2.45, 2.75) is 6.54 Å². The number of aromatic nitrogens is 7. The topological polar surface area (TPSA) is 94.3 Å². The molecule has 8 nitrogen and oxygen atoms in total. The third kappa shape index (κ3) is 1.89. The Hall–Kier alpha value is -3.29. The summed E-state index contributed by atoms with van der Waals surface area (Å²) >= 11 is 0. The van der Waals surface area contributed by atoms with E-state index in [4.69, 9.17) is 0 Å². The van der Waals surface area contributed by atoms with E-state index in [0.717, 1.165) is 5.56 Å². The summed E-state index contributed by atoms with van der Waals surface area (Å²) in [4.78, 5) is 25.0. The molecule has 0 bridgehead atoms. The zero-order valence-corrected chi connectivity index (χ0v) is 11.4. The predicted octanol–water partition coefficient (Wildman–Crippen LogP) is 0.749. The van der Waals surface area contributed by atoms with Gasteiger partial charge in [-0.1, -0.05) is 30.3 Å². The van der Waals surface area contributed by atoms with Crippen molar-refractivity contribution in [3.8, 4) is 5.95 Å². The summed E-state index contributed by atoms with van der Waals surface area (Å²) in [5.74, 6) is 0.264. The summed E-state index contributed by atoms with van der Waals surface area (Å²) < 4.78 is 2.98. The number of nitrogens with one attached hydrogen (secondary N) is 1. The van der Waals surface area contributed by atoms with Gasteiger partial charge in [0.15, 0.2) is 5.65 Å². The lowest BCUT2D eigenvalue weighted by atomic mass is 10.2. The van der Waals surface area contributed by atoms with Gasteiger partial charge in [-0.05, 0) is 5.56 Å². The van der Waals surface area contributed by atoms with Crippen molar-refractivity contribution in [1.29, 1.82) is 0 Å². The van der Waals surface area contributed by atoms with E-state index in [2.05, 4.69) is 25.1 Å². The van der Waals surface area contributed by atoms with E-state index in [1.807, 2.05) is 30.3 Å².